The van der Waals surface area contributed by atoms with Crippen molar-refractivity contribution in [2.24, 2.45) is 0 Å². The molecule has 2 aromatic heterocycles. The van der Waals surface area contributed by atoms with E-state index < -0.39 is 5.97 Å². The van der Waals surface area contributed by atoms with Crippen molar-refractivity contribution in [2.45, 2.75) is 6.92 Å². The van der Waals surface area contributed by atoms with E-state index in [2.05, 4.69) is 9.97 Å². The minimum absolute atomic E-state index is 0.126. The van der Waals surface area contributed by atoms with Crippen LogP contribution in [0.15, 0.2) is 18.5 Å². The van der Waals surface area contributed by atoms with Crippen molar-refractivity contribution in [2.75, 3.05) is 0 Å². The zero-order chi connectivity index (χ0) is 11.7. The lowest BCUT2D eigenvalue weighted by Crippen LogP contribution is -2.05. The molecule has 0 spiro atoms. The fraction of sp³-hybridized carbons (Fsp3) is 0.100. The maximum atomic E-state index is 11.1. The van der Waals surface area contributed by atoms with Crippen LogP contribution in [0.2, 0.25) is 4.34 Å². The minimum Gasteiger partial charge on any atom is -0.478 e. The van der Waals surface area contributed by atoms with E-state index in [-0.39, 0.29) is 5.56 Å². The average Bonchev–Trinajstić information content (AvgIpc) is 2.63. The smallest absolute Gasteiger partial charge is 0.339 e. The Morgan fingerprint density at radius 3 is 2.75 bits per heavy atom. The minimum atomic E-state index is -1.03. The molecule has 1 N–H and O–H groups in total. The van der Waals surface area contributed by atoms with Crippen molar-refractivity contribution < 1.29 is 9.90 Å². The van der Waals surface area contributed by atoms with Crippen LogP contribution in [0.5, 0.6) is 0 Å². The number of aromatic carboxylic acids is 1. The van der Waals surface area contributed by atoms with Gasteiger partial charge in [-0.2, -0.15) is 0 Å². The first-order valence-electron chi connectivity index (χ1n) is 4.40. The van der Waals surface area contributed by atoms with E-state index in [0.29, 0.717) is 15.7 Å². The van der Waals surface area contributed by atoms with Gasteiger partial charge in [-0.15, -0.1) is 11.3 Å². The predicted molar refractivity (Wildman–Crippen MR) is 62.1 cm³/mol. The quantitative estimate of drug-likeness (QED) is 0.895. The first kappa shape index (κ1) is 11.0. The van der Waals surface area contributed by atoms with Crippen molar-refractivity contribution in [3.63, 3.8) is 0 Å². The van der Waals surface area contributed by atoms with Crippen LogP contribution in [0.25, 0.3) is 10.6 Å². The van der Waals surface area contributed by atoms with Gasteiger partial charge in [-0.3, -0.25) is 0 Å². The first-order valence-corrected chi connectivity index (χ1v) is 5.59. The Hall–Kier alpha value is -1.46. The van der Waals surface area contributed by atoms with Gasteiger partial charge >= 0.3 is 5.97 Å². The van der Waals surface area contributed by atoms with Gasteiger partial charge in [0.1, 0.15) is 11.9 Å². The van der Waals surface area contributed by atoms with E-state index in [1.807, 2.05) is 0 Å². The highest BCUT2D eigenvalue weighted by atomic mass is 35.5. The van der Waals surface area contributed by atoms with Gasteiger partial charge in [-0.1, -0.05) is 11.6 Å². The van der Waals surface area contributed by atoms with E-state index in [0.717, 1.165) is 4.88 Å². The summed E-state index contributed by atoms with van der Waals surface area (Å²) < 4.78 is 0.600. The summed E-state index contributed by atoms with van der Waals surface area (Å²) in [6.07, 6.45) is 1.35. The highest BCUT2D eigenvalue weighted by molar-refractivity contribution is 7.19. The molecule has 4 nitrogen and oxygen atoms in total. The van der Waals surface area contributed by atoms with E-state index in [4.69, 9.17) is 16.7 Å². The van der Waals surface area contributed by atoms with Crippen molar-refractivity contribution in [1.29, 1.82) is 0 Å². The number of rotatable bonds is 2. The molecule has 6 heteroatoms. The molecule has 2 heterocycles. The van der Waals surface area contributed by atoms with E-state index >= 15 is 0 Å². The number of aromatic nitrogens is 2. The van der Waals surface area contributed by atoms with Crippen LogP contribution < -0.4 is 0 Å². The van der Waals surface area contributed by atoms with E-state index in [9.17, 15) is 4.79 Å². The van der Waals surface area contributed by atoms with Gasteiger partial charge in [0.15, 0.2) is 0 Å². The van der Waals surface area contributed by atoms with Crippen LogP contribution in [-0.2, 0) is 0 Å². The summed E-state index contributed by atoms with van der Waals surface area (Å²) in [6, 6.07) is 3.46. The number of carboxylic acids is 1. The second kappa shape index (κ2) is 4.19. The first-order chi connectivity index (χ1) is 7.59. The third kappa shape index (κ3) is 1.91. The third-order valence-electron chi connectivity index (χ3n) is 2.06. The lowest BCUT2D eigenvalue weighted by atomic mass is 10.1. The highest BCUT2D eigenvalue weighted by Gasteiger charge is 2.17. The molecule has 82 valence electrons. The fourth-order valence-corrected chi connectivity index (χ4v) is 2.40. The Labute approximate surface area is 101 Å². The van der Waals surface area contributed by atoms with Crippen LogP contribution in [0.3, 0.4) is 0 Å². The molecule has 0 bridgehead atoms. The molecular formula is C10H7ClN2O2S. The second-order valence-electron chi connectivity index (χ2n) is 3.09. The molecule has 0 atom stereocenters. The van der Waals surface area contributed by atoms with Gasteiger partial charge in [0.2, 0.25) is 0 Å². The van der Waals surface area contributed by atoms with Gasteiger partial charge < -0.3 is 5.11 Å². The molecule has 0 aliphatic heterocycles. The topological polar surface area (TPSA) is 63.1 Å². The largest absolute Gasteiger partial charge is 0.478 e. The Morgan fingerprint density at radius 1 is 1.44 bits per heavy atom. The number of carbonyl (C=O) groups is 1. The number of hydrogen-bond donors (Lipinski definition) is 1. The Kier molecular flexibility index (Phi) is 2.89. The molecule has 0 aromatic carbocycles. The van der Waals surface area contributed by atoms with Gasteiger partial charge in [0, 0.05) is 0 Å². The molecule has 0 aliphatic carbocycles. The number of nitrogens with zero attached hydrogens (tertiary/aromatic N) is 2. The maximum Gasteiger partial charge on any atom is 0.339 e. The Morgan fingerprint density at radius 2 is 2.19 bits per heavy atom. The van der Waals surface area contributed by atoms with Crippen LogP contribution in [-0.4, -0.2) is 21.0 Å². The van der Waals surface area contributed by atoms with Crippen LogP contribution in [0.4, 0.5) is 0 Å². The molecule has 2 rings (SSSR count). The molecule has 0 amide bonds. The summed E-state index contributed by atoms with van der Waals surface area (Å²) in [5, 5.41) is 9.11. The molecule has 16 heavy (non-hydrogen) atoms. The van der Waals surface area contributed by atoms with E-state index in [1.54, 1.807) is 19.1 Å². The average molecular weight is 255 g/mol. The van der Waals surface area contributed by atoms with Gasteiger partial charge in [-0.25, -0.2) is 14.8 Å². The summed E-state index contributed by atoms with van der Waals surface area (Å²) in [6.45, 7) is 1.64. The van der Waals surface area contributed by atoms with Gasteiger partial charge in [0.05, 0.1) is 20.6 Å². The number of thiophene rings is 1. The summed E-state index contributed by atoms with van der Waals surface area (Å²) in [5.41, 5.74) is 0.986. The second-order valence-corrected chi connectivity index (χ2v) is 4.81. The highest BCUT2D eigenvalue weighted by Crippen LogP contribution is 2.32. The van der Waals surface area contributed by atoms with Crippen LogP contribution >= 0.6 is 22.9 Å². The van der Waals surface area contributed by atoms with Crippen molar-refractivity contribution in [3.8, 4) is 10.6 Å². The molecule has 0 saturated carbocycles. The summed E-state index contributed by atoms with van der Waals surface area (Å²) in [5.74, 6) is -1.03. The van der Waals surface area contributed by atoms with Crippen molar-refractivity contribution in [1.82, 2.24) is 9.97 Å². The molecule has 0 aliphatic rings. The van der Waals surface area contributed by atoms with E-state index in [1.165, 1.54) is 17.7 Å². The number of hydrogen-bond acceptors (Lipinski definition) is 4. The monoisotopic (exact) mass is 254 g/mol. The summed E-state index contributed by atoms with van der Waals surface area (Å²) in [4.78, 5) is 19.7. The number of halogens is 1. The predicted octanol–water partition coefficient (Wildman–Crippen LogP) is 2.87. The molecule has 0 saturated heterocycles. The molecular weight excluding hydrogens is 248 g/mol. The molecule has 0 fully saturated rings. The van der Waals surface area contributed by atoms with Crippen LogP contribution in [0.1, 0.15) is 16.1 Å². The zero-order valence-electron chi connectivity index (χ0n) is 8.27. The van der Waals surface area contributed by atoms with Crippen molar-refractivity contribution in [3.05, 3.63) is 34.1 Å². The zero-order valence-corrected chi connectivity index (χ0v) is 9.84. The lowest BCUT2D eigenvalue weighted by molar-refractivity contribution is 0.0696. The Bertz CT molecular complexity index is 554. The molecule has 0 unspecified atom stereocenters. The number of carboxylic acid groups (broad SMARTS) is 1. The molecule has 0 radical (unpaired) electrons. The van der Waals surface area contributed by atoms with Gasteiger partial charge in [0.25, 0.3) is 0 Å². The normalized spacial score (nSPS) is 10.4. The fourth-order valence-electron chi connectivity index (χ4n) is 1.36. The standard InChI is InChI=1S/C10H7ClN2O2S/c1-5-8(10(14)15)9(13-4-12-5)6-2-3-7(11)16-6/h2-4H,1H3,(H,14,15). The SMILES string of the molecule is Cc1ncnc(-c2ccc(Cl)s2)c1C(=O)O. The molecule has 2 aromatic rings. The summed E-state index contributed by atoms with van der Waals surface area (Å²) in [7, 11) is 0. The maximum absolute atomic E-state index is 11.1. The lowest BCUT2D eigenvalue weighted by Gasteiger charge is -2.04. The summed E-state index contributed by atoms with van der Waals surface area (Å²) >= 11 is 7.10. The Balaban J connectivity index is 2.65. The third-order valence-corrected chi connectivity index (χ3v) is 3.30. The van der Waals surface area contributed by atoms with Crippen molar-refractivity contribution >= 4 is 28.9 Å². The number of aryl methyl sites for hydroxylation is 1. The van der Waals surface area contributed by atoms with Crippen LogP contribution in [0, 0.1) is 6.92 Å². The van der Waals surface area contributed by atoms with Gasteiger partial charge in [-0.05, 0) is 19.1 Å².